The molecule has 6 heteroatoms. The van der Waals surface area contributed by atoms with Crippen LogP contribution in [0.15, 0.2) is 28.7 Å². The summed E-state index contributed by atoms with van der Waals surface area (Å²) in [6, 6.07) is 7.52. The van der Waals surface area contributed by atoms with E-state index in [1.807, 2.05) is 24.3 Å². The van der Waals surface area contributed by atoms with Crippen LogP contribution in [-0.2, 0) is 4.74 Å². The summed E-state index contributed by atoms with van der Waals surface area (Å²) in [7, 11) is 0. The van der Waals surface area contributed by atoms with Crippen LogP contribution in [0.1, 0.15) is 6.92 Å². The second-order valence-corrected chi connectivity index (χ2v) is 6.13. The maximum Gasteiger partial charge on any atom is 0.417 e. The minimum Gasteiger partial charge on any atom is -0.417 e. The van der Waals surface area contributed by atoms with Crippen LogP contribution in [0.4, 0.5) is 9.80 Å². The van der Waals surface area contributed by atoms with E-state index in [2.05, 4.69) is 15.9 Å². The zero-order valence-corrected chi connectivity index (χ0v) is 11.9. The second kappa shape index (κ2) is 4.22. The van der Waals surface area contributed by atoms with Gasteiger partial charge in [-0.3, -0.25) is 4.90 Å². The molecule has 1 saturated heterocycles. The van der Waals surface area contributed by atoms with E-state index >= 15 is 0 Å². The Balaban J connectivity index is 2.07. The monoisotopic (exact) mass is 327 g/mol. The molecule has 18 heavy (non-hydrogen) atoms. The van der Waals surface area contributed by atoms with Crippen LogP contribution in [0.3, 0.4) is 0 Å². The number of benzene rings is 1. The smallest absolute Gasteiger partial charge is 0.417 e. The van der Waals surface area contributed by atoms with Gasteiger partial charge in [0.15, 0.2) is 0 Å². The van der Waals surface area contributed by atoms with E-state index in [1.165, 1.54) is 16.2 Å². The predicted molar refractivity (Wildman–Crippen MR) is 74.0 cm³/mol. The fourth-order valence-electron chi connectivity index (χ4n) is 1.95. The average Bonchev–Trinajstić information content (AvgIpc) is 2.80. The Morgan fingerprint density at radius 2 is 2.22 bits per heavy atom. The number of ether oxygens (including phenoxy) is 1. The number of amides is 1. The lowest BCUT2D eigenvalue weighted by atomic mass is 10.2. The van der Waals surface area contributed by atoms with Crippen molar-refractivity contribution in [2.45, 2.75) is 19.3 Å². The molecule has 1 N–H and O–H groups in total. The number of rotatable bonds is 1. The van der Waals surface area contributed by atoms with Crippen molar-refractivity contribution in [3.8, 4) is 0 Å². The molecule has 0 bridgehead atoms. The molecule has 2 atom stereocenters. The first-order valence-corrected chi connectivity index (χ1v) is 7.04. The summed E-state index contributed by atoms with van der Waals surface area (Å²) in [5, 5.41) is 11.4. The number of nitrogens with zero attached hydrogens (tertiary/aromatic N) is 1. The lowest BCUT2D eigenvalue weighted by Gasteiger charge is -2.15. The Labute approximate surface area is 116 Å². The third kappa shape index (κ3) is 1.81. The van der Waals surface area contributed by atoms with Gasteiger partial charge in [-0.15, -0.1) is 11.3 Å². The van der Waals surface area contributed by atoms with Crippen molar-refractivity contribution in [2.24, 2.45) is 0 Å². The quantitative estimate of drug-likeness (QED) is 0.874. The lowest BCUT2D eigenvalue weighted by Crippen LogP contribution is -2.33. The molecule has 1 unspecified atom stereocenters. The van der Waals surface area contributed by atoms with Crippen LogP contribution in [-0.4, -0.2) is 23.5 Å². The van der Waals surface area contributed by atoms with Gasteiger partial charge in [-0.1, -0.05) is 22.0 Å². The Bertz CT molecular complexity index is 627. The summed E-state index contributed by atoms with van der Waals surface area (Å²) in [5.41, 5.74) is 0. The van der Waals surface area contributed by atoms with Crippen molar-refractivity contribution < 1.29 is 14.6 Å². The third-order valence-electron chi connectivity index (χ3n) is 2.94. The minimum atomic E-state index is -1.06. The number of halogens is 1. The molecule has 1 amide bonds. The highest BCUT2D eigenvalue weighted by Gasteiger charge is 2.39. The first-order valence-electron chi connectivity index (χ1n) is 5.43. The van der Waals surface area contributed by atoms with E-state index < -0.39 is 12.4 Å². The molecular formula is C12H10BrNO3S. The molecule has 2 aromatic rings. The number of cyclic esters (lactones) is 1. The van der Waals surface area contributed by atoms with Crippen LogP contribution in [0, 0.1) is 0 Å². The summed E-state index contributed by atoms with van der Waals surface area (Å²) in [5.74, 6) is 0. The number of hydrogen-bond acceptors (Lipinski definition) is 4. The molecule has 1 aliphatic heterocycles. The lowest BCUT2D eigenvalue weighted by molar-refractivity contribution is -0.0312. The number of anilines is 1. The van der Waals surface area contributed by atoms with Gasteiger partial charge in [0.1, 0.15) is 11.0 Å². The van der Waals surface area contributed by atoms with Gasteiger partial charge in [0.05, 0.1) is 0 Å². The predicted octanol–water partition coefficient (Wildman–Crippen LogP) is 3.33. The maximum atomic E-state index is 11.7. The first-order chi connectivity index (χ1) is 8.56. The van der Waals surface area contributed by atoms with Crippen LogP contribution in [0.2, 0.25) is 0 Å². The molecule has 0 radical (unpaired) electrons. The summed E-state index contributed by atoms with van der Waals surface area (Å²) < 4.78 is 6.88. The van der Waals surface area contributed by atoms with Gasteiger partial charge in [0, 0.05) is 9.17 Å². The van der Waals surface area contributed by atoms with E-state index in [0.717, 1.165) is 19.6 Å². The van der Waals surface area contributed by atoms with Gasteiger partial charge in [-0.05, 0) is 30.5 Å². The summed E-state index contributed by atoms with van der Waals surface area (Å²) >= 11 is 4.92. The van der Waals surface area contributed by atoms with E-state index in [0.29, 0.717) is 0 Å². The highest BCUT2D eigenvalue weighted by atomic mass is 79.9. The van der Waals surface area contributed by atoms with Gasteiger partial charge >= 0.3 is 6.09 Å². The number of carbonyl (C=O) groups excluding carboxylic acids is 1. The van der Waals surface area contributed by atoms with E-state index in [9.17, 15) is 9.90 Å². The average molecular weight is 328 g/mol. The SMILES string of the molecule is CC1[C@H](O)OC(=O)N1c1cc2ccc(Br)cc2s1. The van der Waals surface area contributed by atoms with E-state index in [1.54, 1.807) is 6.92 Å². The van der Waals surface area contributed by atoms with Crippen LogP contribution in [0.25, 0.3) is 10.1 Å². The molecule has 2 heterocycles. The van der Waals surface area contributed by atoms with E-state index in [-0.39, 0.29) is 6.04 Å². The summed E-state index contributed by atoms with van der Waals surface area (Å²) in [6.07, 6.45) is -1.56. The molecule has 1 aromatic carbocycles. The molecular weight excluding hydrogens is 318 g/mol. The van der Waals surface area contributed by atoms with Gasteiger partial charge < -0.3 is 9.84 Å². The minimum absolute atomic E-state index is 0.367. The Hall–Kier alpha value is -1.11. The molecule has 0 aliphatic carbocycles. The Morgan fingerprint density at radius 3 is 2.89 bits per heavy atom. The van der Waals surface area contributed by atoms with Crippen molar-refractivity contribution in [3.63, 3.8) is 0 Å². The largest absolute Gasteiger partial charge is 0.417 e. The van der Waals surface area contributed by atoms with Crippen LogP contribution in [0.5, 0.6) is 0 Å². The zero-order valence-electron chi connectivity index (χ0n) is 9.46. The highest BCUT2D eigenvalue weighted by Crippen LogP contribution is 2.37. The standard InChI is InChI=1S/C12H10BrNO3S/c1-6-11(15)17-12(16)14(6)10-4-7-2-3-8(13)5-9(7)18-10/h2-6,11,15H,1H3/t6?,11-/m1/s1. The molecule has 0 spiro atoms. The van der Waals surface area contributed by atoms with Crippen molar-refractivity contribution >= 4 is 48.4 Å². The number of carbonyl (C=O) groups is 1. The van der Waals surface area contributed by atoms with Crippen molar-refractivity contribution in [1.29, 1.82) is 0 Å². The summed E-state index contributed by atoms with van der Waals surface area (Å²) in [4.78, 5) is 13.2. The number of fused-ring (bicyclic) bond motifs is 1. The van der Waals surface area contributed by atoms with Crippen molar-refractivity contribution in [3.05, 3.63) is 28.7 Å². The zero-order chi connectivity index (χ0) is 12.9. The second-order valence-electron chi connectivity index (χ2n) is 4.15. The van der Waals surface area contributed by atoms with Gasteiger partial charge in [-0.2, -0.15) is 0 Å². The molecule has 1 fully saturated rings. The Kier molecular flexibility index (Phi) is 2.80. The van der Waals surface area contributed by atoms with Crippen LogP contribution >= 0.6 is 27.3 Å². The normalized spacial score (nSPS) is 23.7. The van der Waals surface area contributed by atoms with Crippen LogP contribution < -0.4 is 4.90 Å². The maximum absolute atomic E-state index is 11.7. The number of aliphatic hydroxyl groups excluding tert-OH is 1. The summed E-state index contributed by atoms with van der Waals surface area (Å²) in [6.45, 7) is 1.76. The van der Waals surface area contributed by atoms with Gasteiger partial charge in [-0.25, -0.2) is 4.79 Å². The van der Waals surface area contributed by atoms with Gasteiger partial charge in [0.25, 0.3) is 0 Å². The fourth-order valence-corrected chi connectivity index (χ4v) is 3.65. The first kappa shape index (κ1) is 12.0. The topological polar surface area (TPSA) is 49.8 Å². The Morgan fingerprint density at radius 1 is 1.44 bits per heavy atom. The van der Waals surface area contributed by atoms with Crippen molar-refractivity contribution in [1.82, 2.24) is 0 Å². The number of thiophene rings is 1. The van der Waals surface area contributed by atoms with E-state index in [4.69, 9.17) is 4.74 Å². The van der Waals surface area contributed by atoms with Crippen molar-refractivity contribution in [2.75, 3.05) is 4.90 Å². The van der Waals surface area contributed by atoms with Gasteiger partial charge in [0.2, 0.25) is 6.29 Å². The molecule has 1 aromatic heterocycles. The number of aliphatic hydroxyl groups is 1. The fraction of sp³-hybridized carbons (Fsp3) is 0.250. The third-order valence-corrected chi connectivity index (χ3v) is 4.54. The highest BCUT2D eigenvalue weighted by molar-refractivity contribution is 9.10. The molecule has 94 valence electrons. The molecule has 0 saturated carbocycles. The number of hydrogen-bond donors (Lipinski definition) is 1. The molecule has 3 rings (SSSR count). The molecule has 4 nitrogen and oxygen atoms in total. The molecule has 1 aliphatic rings.